The van der Waals surface area contributed by atoms with Crippen LogP contribution in [0, 0.1) is 0 Å². The summed E-state index contributed by atoms with van der Waals surface area (Å²) in [5.74, 6) is -1.13. The largest absolute Gasteiger partial charge is 0.478 e. The molecule has 0 radical (unpaired) electrons. The Morgan fingerprint density at radius 2 is 1.95 bits per heavy atom. The van der Waals surface area contributed by atoms with Crippen molar-refractivity contribution in [3.8, 4) is 0 Å². The Kier molecular flexibility index (Phi) is 4.53. The van der Waals surface area contributed by atoms with Crippen molar-refractivity contribution in [2.24, 2.45) is 0 Å². The summed E-state index contributed by atoms with van der Waals surface area (Å²) in [6, 6.07) is 10.7. The number of hydrogen-bond acceptors (Lipinski definition) is 4. The number of nitrogens with one attached hydrogen (secondary N) is 1. The number of sulfonamides is 1. The predicted molar refractivity (Wildman–Crippen MR) is 76.6 cm³/mol. The highest BCUT2D eigenvalue weighted by atomic mass is 32.2. The fourth-order valence-corrected chi connectivity index (χ4v) is 3.85. The number of benzene rings is 1. The molecule has 106 valence electrons. The molecule has 0 unspecified atom stereocenters. The Labute approximate surface area is 120 Å². The fourth-order valence-electron chi connectivity index (χ4n) is 1.62. The summed E-state index contributed by atoms with van der Waals surface area (Å²) in [7, 11) is -3.64. The summed E-state index contributed by atoms with van der Waals surface area (Å²) in [5.41, 5.74) is 1.02. The first kappa shape index (κ1) is 14.7. The molecule has 20 heavy (non-hydrogen) atoms. The fraction of sp³-hybridized carbons (Fsp3) is 0.154. The molecule has 0 saturated carbocycles. The number of carbonyl (C=O) groups is 1. The summed E-state index contributed by atoms with van der Waals surface area (Å²) in [6.07, 6.45) is 0.581. The van der Waals surface area contributed by atoms with Gasteiger partial charge in [0, 0.05) is 11.9 Å². The van der Waals surface area contributed by atoms with E-state index in [-0.39, 0.29) is 16.3 Å². The van der Waals surface area contributed by atoms with E-state index in [9.17, 15) is 13.2 Å². The van der Waals surface area contributed by atoms with Crippen molar-refractivity contribution >= 4 is 27.3 Å². The SMILES string of the molecule is O=C(O)c1csc(S(=O)(=O)NCCc2ccccc2)c1. The lowest BCUT2D eigenvalue weighted by Gasteiger charge is -2.04. The molecular formula is C13H13NO4S2. The van der Waals surface area contributed by atoms with Crippen LogP contribution < -0.4 is 4.72 Å². The Bertz CT molecular complexity index is 692. The first-order chi connectivity index (χ1) is 9.49. The molecule has 1 aromatic heterocycles. The van der Waals surface area contributed by atoms with Gasteiger partial charge in [0.15, 0.2) is 0 Å². The van der Waals surface area contributed by atoms with E-state index < -0.39 is 16.0 Å². The number of thiophene rings is 1. The van der Waals surface area contributed by atoms with Gasteiger partial charge in [0.1, 0.15) is 4.21 Å². The third-order valence-electron chi connectivity index (χ3n) is 2.64. The van der Waals surface area contributed by atoms with Crippen LogP contribution in [0.25, 0.3) is 0 Å². The summed E-state index contributed by atoms with van der Waals surface area (Å²) in [6.45, 7) is 0.270. The molecule has 1 heterocycles. The summed E-state index contributed by atoms with van der Waals surface area (Å²) in [4.78, 5) is 10.7. The van der Waals surface area contributed by atoms with E-state index in [4.69, 9.17) is 5.11 Å². The molecule has 7 heteroatoms. The number of aromatic carboxylic acids is 1. The number of carboxylic acid groups (broad SMARTS) is 1. The van der Waals surface area contributed by atoms with E-state index in [0.717, 1.165) is 23.0 Å². The van der Waals surface area contributed by atoms with E-state index >= 15 is 0 Å². The van der Waals surface area contributed by atoms with Crippen LogP contribution in [0.4, 0.5) is 0 Å². The number of hydrogen-bond donors (Lipinski definition) is 2. The zero-order chi connectivity index (χ0) is 14.6. The molecule has 0 spiro atoms. The molecule has 2 N–H and O–H groups in total. The molecule has 2 rings (SSSR count). The van der Waals surface area contributed by atoms with Crippen LogP contribution in [0.3, 0.4) is 0 Å². The van der Waals surface area contributed by atoms with Crippen molar-refractivity contribution in [3.05, 3.63) is 52.9 Å². The molecule has 0 aliphatic carbocycles. The summed E-state index contributed by atoms with van der Waals surface area (Å²) < 4.78 is 26.4. The Morgan fingerprint density at radius 3 is 2.55 bits per heavy atom. The van der Waals surface area contributed by atoms with E-state index in [2.05, 4.69) is 4.72 Å². The quantitative estimate of drug-likeness (QED) is 0.854. The van der Waals surface area contributed by atoms with Gasteiger partial charge in [-0.2, -0.15) is 0 Å². The second-order valence-corrected chi connectivity index (χ2v) is 7.00. The van der Waals surface area contributed by atoms with Gasteiger partial charge in [-0.1, -0.05) is 30.3 Å². The van der Waals surface area contributed by atoms with Crippen molar-refractivity contribution in [1.82, 2.24) is 4.72 Å². The average Bonchev–Trinajstić information content (AvgIpc) is 2.90. The van der Waals surface area contributed by atoms with Crippen LogP contribution in [-0.4, -0.2) is 26.0 Å². The zero-order valence-electron chi connectivity index (χ0n) is 10.4. The monoisotopic (exact) mass is 311 g/mol. The highest BCUT2D eigenvalue weighted by Gasteiger charge is 2.18. The zero-order valence-corrected chi connectivity index (χ0v) is 12.1. The highest BCUT2D eigenvalue weighted by Crippen LogP contribution is 2.20. The van der Waals surface area contributed by atoms with Crippen LogP contribution in [0.2, 0.25) is 0 Å². The van der Waals surface area contributed by atoms with Crippen molar-refractivity contribution in [2.45, 2.75) is 10.6 Å². The third kappa shape index (κ3) is 3.66. The first-order valence-corrected chi connectivity index (χ1v) is 8.21. The molecule has 0 atom stereocenters. The van der Waals surface area contributed by atoms with Crippen LogP contribution in [0.1, 0.15) is 15.9 Å². The van der Waals surface area contributed by atoms with Gasteiger partial charge >= 0.3 is 5.97 Å². The maximum Gasteiger partial charge on any atom is 0.336 e. The molecule has 5 nitrogen and oxygen atoms in total. The second-order valence-electron chi connectivity index (χ2n) is 4.09. The molecular weight excluding hydrogens is 298 g/mol. The van der Waals surface area contributed by atoms with Crippen LogP contribution >= 0.6 is 11.3 Å². The van der Waals surface area contributed by atoms with Crippen molar-refractivity contribution < 1.29 is 18.3 Å². The minimum Gasteiger partial charge on any atom is -0.478 e. The predicted octanol–water partition coefficient (Wildman–Crippen LogP) is 1.97. The topological polar surface area (TPSA) is 83.5 Å². The summed E-state index contributed by atoms with van der Waals surface area (Å²) >= 11 is 0.900. The van der Waals surface area contributed by atoms with Crippen LogP contribution in [-0.2, 0) is 16.4 Å². The maximum atomic E-state index is 12.0. The third-order valence-corrected chi connectivity index (χ3v) is 5.54. The minimum absolute atomic E-state index is 0.0153. The molecule has 0 aliphatic rings. The van der Waals surface area contributed by atoms with Crippen LogP contribution in [0.5, 0.6) is 0 Å². The van der Waals surface area contributed by atoms with Gasteiger partial charge in [-0.15, -0.1) is 11.3 Å². The molecule has 0 amide bonds. The number of carboxylic acids is 1. The maximum absolute atomic E-state index is 12.0. The molecule has 0 saturated heterocycles. The Balaban J connectivity index is 1.98. The van der Waals surface area contributed by atoms with Gasteiger partial charge in [-0.3, -0.25) is 0 Å². The van der Waals surface area contributed by atoms with E-state index in [1.54, 1.807) is 0 Å². The minimum atomic E-state index is -3.64. The van der Waals surface area contributed by atoms with Crippen molar-refractivity contribution in [2.75, 3.05) is 6.54 Å². The molecule has 1 aromatic carbocycles. The van der Waals surface area contributed by atoms with Crippen molar-refractivity contribution in [3.63, 3.8) is 0 Å². The van der Waals surface area contributed by atoms with Gasteiger partial charge < -0.3 is 5.11 Å². The van der Waals surface area contributed by atoms with Gasteiger partial charge in [-0.05, 0) is 18.1 Å². The lowest BCUT2D eigenvalue weighted by Crippen LogP contribution is -2.25. The van der Waals surface area contributed by atoms with Gasteiger partial charge in [-0.25, -0.2) is 17.9 Å². The smallest absolute Gasteiger partial charge is 0.336 e. The molecule has 2 aromatic rings. The van der Waals surface area contributed by atoms with E-state index in [1.807, 2.05) is 30.3 Å². The van der Waals surface area contributed by atoms with E-state index in [1.165, 1.54) is 5.38 Å². The average molecular weight is 311 g/mol. The lowest BCUT2D eigenvalue weighted by molar-refractivity contribution is 0.0697. The first-order valence-electron chi connectivity index (χ1n) is 5.84. The van der Waals surface area contributed by atoms with Gasteiger partial charge in [0.2, 0.25) is 10.0 Å². The van der Waals surface area contributed by atoms with E-state index in [0.29, 0.717) is 6.42 Å². The summed E-state index contributed by atoms with van der Waals surface area (Å²) in [5, 5.41) is 10.1. The highest BCUT2D eigenvalue weighted by molar-refractivity contribution is 7.91. The normalized spacial score (nSPS) is 11.4. The lowest BCUT2D eigenvalue weighted by atomic mass is 10.2. The standard InChI is InChI=1S/C13H13NO4S2/c15-13(16)11-8-12(19-9-11)20(17,18)14-7-6-10-4-2-1-3-5-10/h1-5,8-9,14H,6-7H2,(H,15,16). The molecule has 0 aliphatic heterocycles. The van der Waals surface area contributed by atoms with Crippen LogP contribution in [0.15, 0.2) is 46.0 Å². The van der Waals surface area contributed by atoms with Gasteiger partial charge in [0.25, 0.3) is 0 Å². The molecule has 0 fully saturated rings. The van der Waals surface area contributed by atoms with Gasteiger partial charge in [0.05, 0.1) is 5.56 Å². The van der Waals surface area contributed by atoms with Crippen molar-refractivity contribution in [1.29, 1.82) is 0 Å². The Morgan fingerprint density at radius 1 is 1.25 bits per heavy atom. The Hall–Kier alpha value is -1.70. The second kappa shape index (κ2) is 6.17. The molecule has 0 bridgehead atoms. The number of rotatable bonds is 6.